The minimum Gasteiger partial charge on any atom is -0.870 e. The number of nitrogens with one attached hydrogen (secondary N) is 4. The normalized spacial score (nSPS) is 19.3. The smallest absolute Gasteiger partial charge is 0.870 e. The largest absolute Gasteiger partial charge is 1.00 e. The fraction of sp³-hybridized carbons (Fsp3) is 0.587. The van der Waals surface area contributed by atoms with Crippen molar-refractivity contribution < 1.29 is 140 Å². The molecule has 4 saturated heterocycles. The number of halogens is 5. The molecule has 4 aromatic heterocycles. The van der Waals surface area contributed by atoms with Crippen LogP contribution in [0.1, 0.15) is 109 Å². The summed E-state index contributed by atoms with van der Waals surface area (Å²) in [7, 11) is 6.33. The molecule has 4 aliphatic rings. The average Bonchev–Trinajstić information content (AvgIpc) is 1.69. The summed E-state index contributed by atoms with van der Waals surface area (Å²) < 4.78 is 48.4. The van der Waals surface area contributed by atoms with E-state index in [0.29, 0.717) is 57.8 Å². The number of aliphatic hydroxyl groups excluding tert-OH is 1. The molecule has 0 aromatic carbocycles. The second-order valence-corrected chi connectivity index (χ2v) is 34.4. The van der Waals surface area contributed by atoms with Gasteiger partial charge in [-0.25, -0.2) is 58.3 Å². The first-order chi connectivity index (χ1) is 53.6. The fourth-order valence-corrected chi connectivity index (χ4v) is 13.2. The third kappa shape index (κ3) is 37.9. The third-order valence-corrected chi connectivity index (χ3v) is 19.3. The van der Waals surface area contributed by atoms with Crippen molar-refractivity contribution in [3.63, 3.8) is 0 Å². The van der Waals surface area contributed by atoms with Crippen molar-refractivity contribution in [2.45, 2.75) is 157 Å². The zero-order valence-corrected chi connectivity index (χ0v) is 75.8. The Morgan fingerprint density at radius 2 is 0.829 bits per heavy atom. The SMILES string of the molecule is CC(C)(C)OC(=O)N1C[C@H](CO)C[C@H]1C(=O)O.COC(=O)N[C@H](C(=O)N1C[C@H](COc2ccnc(Br)c2)C[C@H]1C(=O)O)C(C)(C)C.COC(=O)N[C@H](C(=O)N1C[C@H](COc2ccnc(Br)c2)C[C@H]1C(=O)OC)C(C)(C)C.COC(=O)N[C@H](C(=O)O)C(C)(C)C.COC(=O)[C@@H]1C[C@@H](COc2ccnc(Br)c2)CN1.Clc1ccnc(Br)c1.[Li+].[OH-]. The molecule has 0 bridgehead atoms. The second kappa shape index (κ2) is 50.9. The molecular weight excluding hydrogens is 1820 g/mol. The molecule has 4 aromatic rings. The van der Waals surface area contributed by atoms with Crippen LogP contribution >= 0.6 is 75.3 Å². The van der Waals surface area contributed by atoms with Crippen molar-refractivity contribution in [1.29, 1.82) is 0 Å². The van der Waals surface area contributed by atoms with Crippen LogP contribution in [0.3, 0.4) is 0 Å². The van der Waals surface area contributed by atoms with Crippen LogP contribution in [0.5, 0.6) is 17.2 Å². The number of carboxylic acid groups (broad SMARTS) is 3. The third-order valence-electron chi connectivity index (χ3n) is 17.3. The maximum atomic E-state index is 13.3. The van der Waals surface area contributed by atoms with Crippen molar-refractivity contribution in [2.24, 2.45) is 39.9 Å². The van der Waals surface area contributed by atoms with Gasteiger partial charge in [0.15, 0.2) is 0 Å². The van der Waals surface area contributed by atoms with E-state index in [1.165, 1.54) is 50.2 Å². The number of amides is 6. The number of carbonyl (C=O) groups is 11. The summed E-state index contributed by atoms with van der Waals surface area (Å²) in [6.07, 6.45) is 5.41. The number of likely N-dealkylation sites (tertiary alicyclic amines) is 3. The van der Waals surface area contributed by atoms with Crippen molar-refractivity contribution in [3.8, 4) is 17.2 Å². The Labute approximate surface area is 731 Å². The molecule has 8 rings (SSSR count). The van der Waals surface area contributed by atoms with Gasteiger partial charge in [0.1, 0.15) is 83.6 Å². The van der Waals surface area contributed by atoms with Gasteiger partial charge in [-0.3, -0.25) is 19.3 Å². The van der Waals surface area contributed by atoms with E-state index in [1.807, 2.05) is 32.9 Å². The number of carbonyl (C=O) groups excluding carboxylic acids is 8. The van der Waals surface area contributed by atoms with Crippen LogP contribution in [0.2, 0.25) is 5.02 Å². The Balaban J connectivity index is 0.000000730. The van der Waals surface area contributed by atoms with Gasteiger partial charge in [-0.15, -0.1) is 0 Å². The number of esters is 2. The molecule has 648 valence electrons. The summed E-state index contributed by atoms with van der Waals surface area (Å²) in [6.45, 7) is 23.8. The maximum Gasteiger partial charge on any atom is 1.00 e. The number of hydrogen-bond acceptors (Lipinski definition) is 27. The molecule has 9 N–H and O–H groups in total. The molecule has 8 heterocycles. The molecular formula is C75H107Br4ClLiN11O25. The number of pyridine rings is 4. The van der Waals surface area contributed by atoms with Gasteiger partial charge in [0.25, 0.3) is 0 Å². The fourth-order valence-electron chi connectivity index (χ4n) is 11.5. The van der Waals surface area contributed by atoms with Gasteiger partial charge >= 0.3 is 73.1 Å². The monoisotopic (exact) mass is 1920 g/mol. The number of aliphatic hydroxyl groups is 1. The van der Waals surface area contributed by atoms with Gasteiger partial charge < -0.3 is 99.6 Å². The summed E-state index contributed by atoms with van der Waals surface area (Å²) in [4.78, 5) is 150. The van der Waals surface area contributed by atoms with E-state index in [4.69, 9.17) is 55.3 Å². The average molecular weight is 1920 g/mol. The van der Waals surface area contributed by atoms with Crippen molar-refractivity contribution >= 4 is 141 Å². The van der Waals surface area contributed by atoms with E-state index in [9.17, 15) is 57.8 Å². The number of aromatic nitrogens is 4. The van der Waals surface area contributed by atoms with Crippen molar-refractivity contribution in [1.82, 2.24) is 55.9 Å². The quantitative estimate of drug-likeness (QED) is 0.0193. The molecule has 0 spiro atoms. The first-order valence-corrected chi connectivity index (χ1v) is 39.5. The van der Waals surface area contributed by atoms with E-state index < -0.39 is 112 Å². The molecule has 4 fully saturated rings. The Morgan fingerprint density at radius 3 is 1.15 bits per heavy atom. The number of carboxylic acids is 3. The number of hydrogen-bond donors (Lipinski definition) is 8. The van der Waals surface area contributed by atoms with Crippen molar-refractivity contribution in [3.05, 3.63) is 96.8 Å². The van der Waals surface area contributed by atoms with Gasteiger partial charge in [-0.05, 0) is 157 Å². The topological polar surface area (TPSA) is 491 Å². The van der Waals surface area contributed by atoms with Crippen LogP contribution in [-0.2, 0) is 62.0 Å². The molecule has 6 amide bonds. The molecule has 11 atom stereocenters. The van der Waals surface area contributed by atoms with Crippen LogP contribution in [0.25, 0.3) is 0 Å². The summed E-state index contributed by atoms with van der Waals surface area (Å²) in [6, 6.07) is 8.42. The van der Waals surface area contributed by atoms with Gasteiger partial charge in [-0.1, -0.05) is 73.9 Å². The second-order valence-electron chi connectivity index (χ2n) is 30.8. The van der Waals surface area contributed by atoms with Crippen LogP contribution in [0.15, 0.2) is 91.7 Å². The van der Waals surface area contributed by atoms with Gasteiger partial charge in [0.2, 0.25) is 11.8 Å². The molecule has 0 radical (unpaired) electrons. The number of alkyl carbamates (subject to hydrolysis) is 3. The Hall–Kier alpha value is -7.94. The van der Waals surface area contributed by atoms with Crippen LogP contribution in [0.4, 0.5) is 19.2 Å². The number of aliphatic carboxylic acids is 3. The number of methoxy groups -OCH3 is 5. The number of nitrogens with zero attached hydrogens (tertiary/aromatic N) is 7. The van der Waals surface area contributed by atoms with Crippen LogP contribution in [0, 0.1) is 39.9 Å². The molecule has 0 aliphatic carbocycles. The summed E-state index contributed by atoms with van der Waals surface area (Å²) >= 11 is 18.6. The Kier molecular flexibility index (Phi) is 46.5. The van der Waals surface area contributed by atoms with E-state index in [1.54, 1.807) is 123 Å². The summed E-state index contributed by atoms with van der Waals surface area (Å²) in [5.74, 6) is -2.84. The minimum absolute atomic E-state index is 0. The first-order valence-electron chi connectivity index (χ1n) is 35.9. The predicted molar refractivity (Wildman–Crippen MR) is 434 cm³/mol. The number of rotatable bonds is 20. The summed E-state index contributed by atoms with van der Waals surface area (Å²) in [5, 5.41) is 47.6. The van der Waals surface area contributed by atoms with Gasteiger partial charge in [-0.2, -0.15) is 0 Å². The minimum atomic E-state index is -1.08. The zero-order chi connectivity index (χ0) is 87.0. The molecule has 36 nitrogen and oxygen atoms in total. The first kappa shape index (κ1) is 107. The Morgan fingerprint density at radius 1 is 0.487 bits per heavy atom. The molecule has 4 aliphatic heterocycles. The molecule has 0 unspecified atom stereocenters. The zero-order valence-electron chi connectivity index (χ0n) is 68.7. The van der Waals surface area contributed by atoms with Crippen LogP contribution in [-0.4, -0.2) is 263 Å². The van der Waals surface area contributed by atoms with Gasteiger partial charge in [0, 0.05) is 104 Å². The van der Waals surface area contributed by atoms with E-state index in [-0.39, 0.29) is 99.2 Å². The number of ether oxygens (including phenoxy) is 9. The predicted octanol–water partition coefficient (Wildman–Crippen LogP) is 6.91. The van der Waals surface area contributed by atoms with Crippen molar-refractivity contribution in [2.75, 3.05) is 88.2 Å². The van der Waals surface area contributed by atoms with E-state index in [2.05, 4.69) is 119 Å². The van der Waals surface area contributed by atoms with E-state index in [0.717, 1.165) is 27.9 Å². The summed E-state index contributed by atoms with van der Waals surface area (Å²) in [5.41, 5.74) is -2.42. The van der Waals surface area contributed by atoms with Crippen LogP contribution < -0.4 is 54.3 Å². The molecule has 0 saturated carbocycles. The molecule has 42 heteroatoms. The van der Waals surface area contributed by atoms with E-state index >= 15 is 0 Å². The molecule has 117 heavy (non-hydrogen) atoms. The maximum absolute atomic E-state index is 13.3. The van der Waals surface area contributed by atoms with Gasteiger partial charge in [0.05, 0.1) is 55.4 Å². The Bertz CT molecular complexity index is 3880. The standard InChI is InChI=1S/C20H28BrN3O6.C19H26BrN3O6.C12H15BrN2O3.C11H19NO5.C8H15NO4.C5H3BrClN.Li.H2O/c1-20(2,3)16(23-19(27)29-5)17(25)24-10-12(8-14(24)18(26)28-4)11-30-13-6-7-22-15(21)9-13;1-19(2,3)15(22-18(27)28-4)16(24)23-9-11(7-13(23)17(25)26)10-29-12-5-6-21-14(20)8-12;1-17-12(16)10-4-8(6-15-10)7-18-9-2-3-14-11(13)5-9;1-11(2,3)17-10(16)12-5-7(6-13)4-8(12)9(14)15;1-8(2,3)5(6(10)11)9-7(12)13-4;6-5-3-4(7)1-2-8-5;;/h6-7,9,12,14,16H,8,10-11H2,1-5H3,(H,23,27);5-6,8,11,13,15H,7,9-10H2,1-4H3,(H,22,27)(H,25,26);2-3,5,8,10,15H,4,6-7H2,1H3;7-8,13H,4-6H2,1-3H3,(H,14,15);5H,1-4H3,(H,9,12)(H,10,11);1-3H;;1H2/q;;;;;;+1;/p-1/t12-,14+,16-;11-,13+,15-;8-,10+;7-,8+;5-;;;/m11111.../s1.